The molecular weight excluding hydrogens is 452 g/mol. The fourth-order valence-electron chi connectivity index (χ4n) is 4.48. The molecule has 4 rings (SSSR count). The van der Waals surface area contributed by atoms with Gasteiger partial charge in [0.15, 0.2) is 6.61 Å². The summed E-state index contributed by atoms with van der Waals surface area (Å²) in [5.74, 6) is 1.16. The number of piperazine rings is 1. The Labute approximate surface area is 214 Å². The molecule has 0 spiro atoms. The van der Waals surface area contributed by atoms with E-state index in [2.05, 4.69) is 68.5 Å². The highest BCUT2D eigenvalue weighted by molar-refractivity contribution is 5.77. The predicted molar refractivity (Wildman–Crippen MR) is 145 cm³/mol. The molecule has 1 aliphatic rings. The van der Waals surface area contributed by atoms with E-state index >= 15 is 0 Å². The van der Waals surface area contributed by atoms with Crippen LogP contribution >= 0.6 is 0 Å². The van der Waals surface area contributed by atoms with E-state index in [1.165, 1.54) is 11.3 Å². The number of methoxy groups -OCH3 is 1. The van der Waals surface area contributed by atoms with Crippen molar-refractivity contribution >= 4 is 17.3 Å². The summed E-state index contributed by atoms with van der Waals surface area (Å²) >= 11 is 0. The average Bonchev–Trinajstić information content (AvgIpc) is 2.93. The summed E-state index contributed by atoms with van der Waals surface area (Å²) in [5.41, 5.74) is 3.61. The third kappa shape index (κ3) is 6.70. The molecule has 3 aromatic rings. The van der Waals surface area contributed by atoms with Crippen molar-refractivity contribution in [3.8, 4) is 11.5 Å². The summed E-state index contributed by atoms with van der Waals surface area (Å²) in [6, 6.07) is 26.5. The molecule has 1 N–H and O–H groups in total. The van der Waals surface area contributed by atoms with Gasteiger partial charge in [0.25, 0.3) is 5.91 Å². The van der Waals surface area contributed by atoms with Crippen molar-refractivity contribution in [2.45, 2.75) is 6.04 Å². The van der Waals surface area contributed by atoms with E-state index in [4.69, 9.17) is 9.47 Å². The smallest absolute Gasteiger partial charge is 0.258 e. The van der Waals surface area contributed by atoms with E-state index < -0.39 is 0 Å². The number of para-hydroxylation sites is 1. The second-order valence-corrected chi connectivity index (χ2v) is 9.13. The first-order valence-corrected chi connectivity index (χ1v) is 12.4. The molecule has 1 atom stereocenters. The van der Waals surface area contributed by atoms with Crippen LogP contribution in [0.4, 0.5) is 11.4 Å². The highest BCUT2D eigenvalue weighted by Crippen LogP contribution is 2.26. The SMILES string of the molecule is COc1cccc(OCC(=O)NCC(c2ccc(N(C)C)cc2)N2CCN(c3ccccc3)CC2)c1. The lowest BCUT2D eigenvalue weighted by atomic mass is 10.0. The maximum Gasteiger partial charge on any atom is 0.258 e. The highest BCUT2D eigenvalue weighted by atomic mass is 16.5. The second kappa shape index (κ2) is 12.3. The minimum Gasteiger partial charge on any atom is -0.497 e. The first kappa shape index (κ1) is 25.4. The molecule has 0 aromatic heterocycles. The lowest BCUT2D eigenvalue weighted by molar-refractivity contribution is -0.123. The first-order chi connectivity index (χ1) is 17.5. The normalized spacial score (nSPS) is 14.7. The fraction of sp³-hybridized carbons (Fsp3) is 0.345. The molecule has 3 aromatic carbocycles. The number of carbonyl (C=O) groups excluding carboxylic acids is 1. The highest BCUT2D eigenvalue weighted by Gasteiger charge is 2.26. The van der Waals surface area contributed by atoms with E-state index in [0.29, 0.717) is 18.0 Å². The Morgan fingerprint density at radius 1 is 0.917 bits per heavy atom. The van der Waals surface area contributed by atoms with Crippen LogP contribution < -0.4 is 24.6 Å². The topological polar surface area (TPSA) is 57.3 Å². The molecule has 0 saturated carbocycles. The zero-order valence-electron chi connectivity index (χ0n) is 21.4. The third-order valence-electron chi connectivity index (χ3n) is 6.57. The number of anilines is 2. The number of rotatable bonds is 10. The van der Waals surface area contributed by atoms with Crippen molar-refractivity contribution in [1.29, 1.82) is 0 Å². The summed E-state index contributed by atoms with van der Waals surface area (Å²) in [7, 11) is 5.69. The Hall–Kier alpha value is -3.71. The molecule has 1 aliphatic heterocycles. The molecule has 0 radical (unpaired) electrons. The Morgan fingerprint density at radius 3 is 2.28 bits per heavy atom. The zero-order valence-corrected chi connectivity index (χ0v) is 21.4. The van der Waals surface area contributed by atoms with Crippen molar-refractivity contribution < 1.29 is 14.3 Å². The Morgan fingerprint density at radius 2 is 1.61 bits per heavy atom. The van der Waals surface area contributed by atoms with Crippen LogP contribution in [0.1, 0.15) is 11.6 Å². The summed E-state index contributed by atoms with van der Waals surface area (Å²) in [4.78, 5) is 19.6. The van der Waals surface area contributed by atoms with Gasteiger partial charge in [0, 0.05) is 64.3 Å². The van der Waals surface area contributed by atoms with Crippen molar-refractivity contribution in [3.05, 3.63) is 84.4 Å². The molecule has 1 amide bonds. The summed E-state index contributed by atoms with van der Waals surface area (Å²) in [6.07, 6.45) is 0. The van der Waals surface area contributed by atoms with Gasteiger partial charge in [-0.05, 0) is 42.0 Å². The number of nitrogens with zero attached hydrogens (tertiary/aromatic N) is 3. The van der Waals surface area contributed by atoms with E-state index in [1.54, 1.807) is 13.2 Å². The molecule has 36 heavy (non-hydrogen) atoms. The fourth-order valence-corrected chi connectivity index (χ4v) is 4.48. The number of nitrogens with one attached hydrogen (secondary N) is 1. The standard InChI is InChI=1S/C29H36N4O3/c1-31(2)24-14-12-23(13-15-24)28(33-18-16-32(17-19-33)25-8-5-4-6-9-25)21-30-29(34)22-36-27-11-7-10-26(20-27)35-3/h4-15,20,28H,16-19,21-22H2,1-3H3,(H,30,34). The van der Waals surface area contributed by atoms with Gasteiger partial charge in [0.1, 0.15) is 11.5 Å². The van der Waals surface area contributed by atoms with Crippen molar-refractivity contribution in [3.63, 3.8) is 0 Å². The second-order valence-electron chi connectivity index (χ2n) is 9.13. The molecule has 0 aliphatic carbocycles. The first-order valence-electron chi connectivity index (χ1n) is 12.4. The number of ether oxygens (including phenoxy) is 2. The molecular formula is C29H36N4O3. The van der Waals surface area contributed by atoms with Gasteiger partial charge in [-0.15, -0.1) is 0 Å². The van der Waals surface area contributed by atoms with Crippen LogP contribution in [0.25, 0.3) is 0 Å². The van der Waals surface area contributed by atoms with Crippen molar-refractivity contribution in [2.75, 3.05) is 70.3 Å². The Balaban J connectivity index is 1.39. The third-order valence-corrected chi connectivity index (χ3v) is 6.57. The molecule has 1 heterocycles. The van der Waals surface area contributed by atoms with Gasteiger partial charge in [0.2, 0.25) is 0 Å². The molecule has 190 valence electrons. The number of benzene rings is 3. The van der Waals surface area contributed by atoms with Gasteiger partial charge in [-0.2, -0.15) is 0 Å². The van der Waals surface area contributed by atoms with E-state index in [0.717, 1.165) is 31.9 Å². The van der Waals surface area contributed by atoms with Gasteiger partial charge >= 0.3 is 0 Å². The zero-order chi connectivity index (χ0) is 25.3. The predicted octanol–water partition coefficient (Wildman–Crippen LogP) is 3.82. The maximum atomic E-state index is 12.7. The van der Waals surface area contributed by atoms with Crippen LogP contribution in [0, 0.1) is 0 Å². The van der Waals surface area contributed by atoms with Gasteiger partial charge in [-0.3, -0.25) is 9.69 Å². The minimum absolute atomic E-state index is 0.0404. The van der Waals surface area contributed by atoms with E-state index in [-0.39, 0.29) is 18.6 Å². The van der Waals surface area contributed by atoms with E-state index in [9.17, 15) is 4.79 Å². The number of hydrogen-bond acceptors (Lipinski definition) is 6. The van der Waals surface area contributed by atoms with E-state index in [1.807, 2.05) is 38.4 Å². The Bertz CT molecular complexity index is 1100. The quantitative estimate of drug-likeness (QED) is 0.468. The average molecular weight is 489 g/mol. The van der Waals surface area contributed by atoms with Gasteiger partial charge in [-0.25, -0.2) is 0 Å². The maximum absolute atomic E-state index is 12.7. The lowest BCUT2D eigenvalue weighted by Crippen LogP contribution is -2.50. The number of hydrogen-bond donors (Lipinski definition) is 1. The van der Waals surface area contributed by atoms with Gasteiger partial charge in [0.05, 0.1) is 13.2 Å². The Kier molecular flexibility index (Phi) is 8.68. The number of carbonyl (C=O) groups is 1. The van der Waals surface area contributed by atoms with Crippen LogP contribution in [0.15, 0.2) is 78.9 Å². The van der Waals surface area contributed by atoms with Crippen LogP contribution in [-0.4, -0.2) is 71.3 Å². The molecule has 1 saturated heterocycles. The van der Waals surface area contributed by atoms with Crippen LogP contribution in [0.3, 0.4) is 0 Å². The summed E-state index contributed by atoms with van der Waals surface area (Å²) in [5, 5.41) is 3.10. The summed E-state index contributed by atoms with van der Waals surface area (Å²) in [6.45, 7) is 4.22. The van der Waals surface area contributed by atoms with Crippen molar-refractivity contribution in [2.24, 2.45) is 0 Å². The lowest BCUT2D eigenvalue weighted by Gasteiger charge is -2.40. The molecule has 0 bridgehead atoms. The summed E-state index contributed by atoms with van der Waals surface area (Å²) < 4.78 is 10.9. The van der Waals surface area contributed by atoms with Crippen LogP contribution in [0.5, 0.6) is 11.5 Å². The monoisotopic (exact) mass is 488 g/mol. The van der Waals surface area contributed by atoms with Gasteiger partial charge < -0.3 is 24.6 Å². The van der Waals surface area contributed by atoms with Crippen LogP contribution in [-0.2, 0) is 4.79 Å². The minimum atomic E-state index is -0.143. The molecule has 7 nitrogen and oxygen atoms in total. The van der Waals surface area contributed by atoms with Gasteiger partial charge in [-0.1, -0.05) is 36.4 Å². The largest absolute Gasteiger partial charge is 0.497 e. The molecule has 1 unspecified atom stereocenters. The molecule has 1 fully saturated rings. The number of amides is 1. The molecule has 7 heteroatoms. The van der Waals surface area contributed by atoms with Crippen molar-refractivity contribution in [1.82, 2.24) is 10.2 Å². The van der Waals surface area contributed by atoms with Crippen LogP contribution in [0.2, 0.25) is 0 Å².